The third kappa shape index (κ3) is 5.25. The van der Waals surface area contributed by atoms with Crippen LogP contribution >= 0.6 is 0 Å². The van der Waals surface area contributed by atoms with E-state index in [2.05, 4.69) is 17.2 Å². The molecule has 5 heteroatoms. The average molecular weight is 291 g/mol. The van der Waals surface area contributed by atoms with E-state index in [0.29, 0.717) is 18.2 Å². The fraction of sp³-hybridized carbons (Fsp3) is 0.562. The Balaban J connectivity index is 1.82. The van der Waals surface area contributed by atoms with Crippen molar-refractivity contribution in [3.63, 3.8) is 0 Å². The molecule has 2 N–H and O–H groups in total. The Morgan fingerprint density at radius 3 is 3.00 bits per heavy atom. The van der Waals surface area contributed by atoms with E-state index in [9.17, 15) is 9.90 Å². The van der Waals surface area contributed by atoms with E-state index in [-0.39, 0.29) is 11.7 Å². The van der Waals surface area contributed by atoms with E-state index >= 15 is 0 Å². The van der Waals surface area contributed by atoms with Crippen molar-refractivity contribution in [2.24, 2.45) is 5.92 Å². The first kappa shape index (κ1) is 15.6. The van der Waals surface area contributed by atoms with Crippen molar-refractivity contribution >= 4 is 5.91 Å². The Morgan fingerprint density at radius 1 is 1.52 bits per heavy atom. The van der Waals surface area contributed by atoms with Crippen LogP contribution in [-0.2, 0) is 4.74 Å². The third-order valence-electron chi connectivity index (χ3n) is 3.18. The van der Waals surface area contributed by atoms with Gasteiger partial charge in [0, 0.05) is 19.8 Å². The number of carbonyl (C=O) groups is 1. The maximum absolute atomic E-state index is 11.9. The molecule has 1 aliphatic rings. The molecule has 0 aromatic carbocycles. The minimum absolute atomic E-state index is 0.234. The second kappa shape index (κ2) is 6.79. The van der Waals surface area contributed by atoms with Gasteiger partial charge in [-0.3, -0.25) is 4.79 Å². The molecule has 0 radical (unpaired) electrons. The molecule has 2 heterocycles. The summed E-state index contributed by atoms with van der Waals surface area (Å²) in [7, 11) is 0. The molecule has 1 atom stereocenters. The summed E-state index contributed by atoms with van der Waals surface area (Å²) < 4.78 is 10.6. The first-order valence-corrected chi connectivity index (χ1v) is 7.15. The molecule has 0 aliphatic carbocycles. The van der Waals surface area contributed by atoms with Crippen molar-refractivity contribution in [2.75, 3.05) is 19.8 Å². The van der Waals surface area contributed by atoms with Crippen molar-refractivity contribution in [2.45, 2.75) is 32.3 Å². The molecule has 21 heavy (non-hydrogen) atoms. The van der Waals surface area contributed by atoms with Gasteiger partial charge in [0.15, 0.2) is 11.5 Å². The molecule has 1 aromatic rings. The fourth-order valence-electron chi connectivity index (χ4n) is 2.03. The summed E-state index contributed by atoms with van der Waals surface area (Å²) in [5.41, 5.74) is -1.08. The van der Waals surface area contributed by atoms with E-state index in [0.717, 1.165) is 26.1 Å². The summed E-state index contributed by atoms with van der Waals surface area (Å²) in [6.45, 7) is 5.39. The van der Waals surface area contributed by atoms with Crippen LogP contribution in [-0.4, -0.2) is 36.4 Å². The van der Waals surface area contributed by atoms with Gasteiger partial charge in [0.25, 0.3) is 5.91 Å². The minimum Gasteiger partial charge on any atom is -0.443 e. The molecule has 1 fully saturated rings. The zero-order valence-corrected chi connectivity index (χ0v) is 12.4. The Kier molecular flexibility index (Phi) is 5.05. The van der Waals surface area contributed by atoms with Crippen LogP contribution in [0.3, 0.4) is 0 Å². The zero-order chi connectivity index (χ0) is 15.3. The monoisotopic (exact) mass is 291 g/mol. The number of nitrogens with one attached hydrogen (secondary N) is 1. The van der Waals surface area contributed by atoms with Crippen LogP contribution in [0.4, 0.5) is 0 Å². The number of carbonyl (C=O) groups excluding carboxylic acids is 1. The number of ether oxygens (including phenoxy) is 1. The predicted octanol–water partition coefficient (Wildman–Crippen LogP) is 1.56. The highest BCUT2D eigenvalue weighted by Gasteiger charge is 2.16. The van der Waals surface area contributed by atoms with Crippen LogP contribution in [0, 0.1) is 17.8 Å². The zero-order valence-electron chi connectivity index (χ0n) is 12.4. The van der Waals surface area contributed by atoms with E-state index < -0.39 is 5.60 Å². The SMILES string of the molecule is CC(C)(O)C#Cc1ccc(C(=O)NCC[C@H]2CCOC2)o1. The molecular formula is C16H21NO4. The molecule has 2 rings (SSSR count). The van der Waals surface area contributed by atoms with Crippen LogP contribution in [0.15, 0.2) is 16.5 Å². The van der Waals surface area contributed by atoms with Gasteiger partial charge in [0.1, 0.15) is 5.60 Å². The second-order valence-corrected chi connectivity index (χ2v) is 5.75. The van der Waals surface area contributed by atoms with Gasteiger partial charge in [-0.25, -0.2) is 0 Å². The van der Waals surface area contributed by atoms with E-state index in [1.165, 1.54) is 0 Å². The number of rotatable bonds is 4. The Hall–Kier alpha value is -1.77. The summed E-state index contributed by atoms with van der Waals surface area (Å²) in [5, 5.41) is 12.3. The van der Waals surface area contributed by atoms with Crippen LogP contribution < -0.4 is 5.32 Å². The molecule has 1 aromatic heterocycles. The first-order valence-electron chi connectivity index (χ1n) is 7.15. The lowest BCUT2D eigenvalue weighted by atomic mass is 10.1. The Labute approximate surface area is 124 Å². The maximum Gasteiger partial charge on any atom is 0.287 e. The third-order valence-corrected chi connectivity index (χ3v) is 3.18. The quantitative estimate of drug-likeness (QED) is 0.826. The highest BCUT2D eigenvalue weighted by Crippen LogP contribution is 2.15. The lowest BCUT2D eigenvalue weighted by Crippen LogP contribution is -2.25. The molecule has 5 nitrogen and oxygen atoms in total. The molecule has 0 saturated carbocycles. The second-order valence-electron chi connectivity index (χ2n) is 5.75. The number of hydrogen-bond acceptors (Lipinski definition) is 4. The lowest BCUT2D eigenvalue weighted by Gasteiger charge is -2.07. The fourth-order valence-corrected chi connectivity index (χ4v) is 2.03. The first-order chi connectivity index (χ1) is 9.94. The Morgan fingerprint density at radius 2 is 2.33 bits per heavy atom. The van der Waals surface area contributed by atoms with Gasteiger partial charge in [0.2, 0.25) is 0 Å². The lowest BCUT2D eigenvalue weighted by molar-refractivity contribution is 0.0922. The van der Waals surface area contributed by atoms with Gasteiger partial charge < -0.3 is 19.6 Å². The summed E-state index contributed by atoms with van der Waals surface area (Å²) in [4.78, 5) is 11.9. The number of amides is 1. The highest BCUT2D eigenvalue weighted by atomic mass is 16.5. The molecule has 0 bridgehead atoms. The molecule has 114 valence electrons. The predicted molar refractivity (Wildman–Crippen MR) is 77.8 cm³/mol. The summed E-state index contributed by atoms with van der Waals surface area (Å²) >= 11 is 0. The molecule has 1 aliphatic heterocycles. The standard InChI is InChI=1S/C16H21NO4/c1-16(2,19)8-5-13-3-4-14(21-13)15(18)17-9-6-12-7-10-20-11-12/h3-4,12,19H,6-7,9-11H2,1-2H3,(H,17,18)/t12-/m0/s1. The highest BCUT2D eigenvalue weighted by molar-refractivity contribution is 5.91. The van der Waals surface area contributed by atoms with Crippen molar-refractivity contribution in [1.82, 2.24) is 5.32 Å². The van der Waals surface area contributed by atoms with Crippen molar-refractivity contribution in [3.05, 3.63) is 23.7 Å². The Bertz CT molecular complexity index is 539. The molecule has 0 unspecified atom stereocenters. The smallest absolute Gasteiger partial charge is 0.287 e. The van der Waals surface area contributed by atoms with Crippen LogP contribution in [0.25, 0.3) is 0 Å². The molecular weight excluding hydrogens is 270 g/mol. The van der Waals surface area contributed by atoms with Gasteiger partial charge in [-0.05, 0) is 50.7 Å². The van der Waals surface area contributed by atoms with Crippen molar-refractivity contribution in [3.8, 4) is 11.8 Å². The van der Waals surface area contributed by atoms with Gasteiger partial charge in [-0.1, -0.05) is 5.92 Å². The summed E-state index contributed by atoms with van der Waals surface area (Å²) in [6.07, 6.45) is 1.98. The molecule has 1 amide bonds. The molecule has 1 saturated heterocycles. The minimum atomic E-state index is -1.08. The number of aliphatic hydroxyl groups is 1. The number of hydrogen-bond donors (Lipinski definition) is 2. The van der Waals surface area contributed by atoms with Crippen LogP contribution in [0.5, 0.6) is 0 Å². The largest absolute Gasteiger partial charge is 0.443 e. The van der Waals surface area contributed by atoms with E-state index in [1.807, 2.05) is 0 Å². The van der Waals surface area contributed by atoms with Gasteiger partial charge in [0.05, 0.1) is 0 Å². The van der Waals surface area contributed by atoms with Crippen LogP contribution in [0.2, 0.25) is 0 Å². The van der Waals surface area contributed by atoms with Crippen molar-refractivity contribution in [1.29, 1.82) is 0 Å². The average Bonchev–Trinajstić information content (AvgIpc) is 3.06. The van der Waals surface area contributed by atoms with Gasteiger partial charge >= 0.3 is 0 Å². The number of furan rings is 1. The topological polar surface area (TPSA) is 71.7 Å². The van der Waals surface area contributed by atoms with Gasteiger partial charge in [-0.2, -0.15) is 0 Å². The van der Waals surface area contributed by atoms with E-state index in [1.54, 1.807) is 26.0 Å². The summed E-state index contributed by atoms with van der Waals surface area (Å²) in [5.74, 6) is 6.23. The normalized spacial score (nSPS) is 18.1. The maximum atomic E-state index is 11.9. The summed E-state index contributed by atoms with van der Waals surface area (Å²) in [6, 6.07) is 3.21. The van der Waals surface area contributed by atoms with Crippen molar-refractivity contribution < 1.29 is 19.1 Å². The molecule has 0 spiro atoms. The van der Waals surface area contributed by atoms with Gasteiger partial charge in [-0.15, -0.1) is 0 Å². The van der Waals surface area contributed by atoms with E-state index in [4.69, 9.17) is 9.15 Å². The van der Waals surface area contributed by atoms with Crippen LogP contribution in [0.1, 0.15) is 43.0 Å².